The molecule has 39 heavy (non-hydrogen) atoms. The number of halogens is 1. The number of pyridine rings is 1. The average molecular weight is 529 g/mol. The number of piperazine rings is 1. The smallest absolute Gasteiger partial charge is 0.296 e. The van der Waals surface area contributed by atoms with E-state index in [1.165, 1.54) is 35.2 Å². The number of nitrogens with zero attached hydrogens (tertiary/aromatic N) is 5. The van der Waals surface area contributed by atoms with Crippen LogP contribution in [0, 0.1) is 5.82 Å². The van der Waals surface area contributed by atoms with E-state index >= 15 is 0 Å². The third-order valence-electron chi connectivity index (χ3n) is 6.69. The van der Waals surface area contributed by atoms with Crippen LogP contribution in [0.4, 0.5) is 10.2 Å². The molecule has 0 unspecified atom stereocenters. The zero-order valence-electron chi connectivity index (χ0n) is 21.3. The third-order valence-corrected chi connectivity index (χ3v) is 6.69. The summed E-state index contributed by atoms with van der Waals surface area (Å²) in [5, 5.41) is 13.0. The number of anilines is 1. The number of carbonyl (C=O) groups is 1. The summed E-state index contributed by atoms with van der Waals surface area (Å²) in [5.74, 6) is -0.780. The quantitative estimate of drug-likeness (QED) is 0.363. The molecule has 0 bridgehead atoms. The Kier molecular flexibility index (Phi) is 7.93. The van der Waals surface area contributed by atoms with Gasteiger partial charge in [0, 0.05) is 45.5 Å². The monoisotopic (exact) mass is 528 g/mol. The fourth-order valence-corrected chi connectivity index (χ4v) is 4.58. The van der Waals surface area contributed by atoms with Crippen molar-refractivity contribution in [3.05, 3.63) is 118 Å². The topological polar surface area (TPSA) is 104 Å². The molecule has 2 aromatic carbocycles. The van der Waals surface area contributed by atoms with Crippen LogP contribution in [0.25, 0.3) is 0 Å². The summed E-state index contributed by atoms with van der Waals surface area (Å²) in [4.78, 5) is 38.4. The number of hydrogen-bond donors (Lipinski definition) is 2. The molecule has 2 aromatic heterocycles. The Labute approximate surface area is 225 Å². The van der Waals surface area contributed by atoms with Gasteiger partial charge in [0.05, 0.1) is 12.9 Å². The number of nitrogens with one attached hydrogen (secondary N) is 1. The third kappa shape index (κ3) is 6.47. The van der Waals surface area contributed by atoms with Gasteiger partial charge >= 0.3 is 0 Å². The van der Waals surface area contributed by atoms with Crippen molar-refractivity contribution >= 4 is 11.7 Å². The summed E-state index contributed by atoms with van der Waals surface area (Å²) < 4.78 is 14.3. The van der Waals surface area contributed by atoms with Gasteiger partial charge in [-0.25, -0.2) is 14.4 Å². The van der Waals surface area contributed by atoms with Crippen molar-refractivity contribution < 1.29 is 14.3 Å². The first kappa shape index (κ1) is 26.1. The lowest BCUT2D eigenvalue weighted by atomic mass is 10.1. The molecule has 0 radical (unpaired) electrons. The molecular formula is C29H29FN6O3. The average Bonchev–Trinajstić information content (AvgIpc) is 2.96. The Morgan fingerprint density at radius 1 is 0.897 bits per heavy atom. The molecule has 1 aliphatic rings. The van der Waals surface area contributed by atoms with Gasteiger partial charge in [-0.2, -0.15) is 0 Å². The summed E-state index contributed by atoms with van der Waals surface area (Å²) in [6, 6.07) is 19.6. The maximum atomic E-state index is 13.1. The highest BCUT2D eigenvalue weighted by molar-refractivity contribution is 5.94. The van der Waals surface area contributed by atoms with Crippen LogP contribution in [0.1, 0.15) is 27.2 Å². The molecule has 10 heteroatoms. The standard InChI is InChI=1S/C29H29FN6O3/c30-24-9-7-21(8-10-24)17-32-28(38)26-27(37)29(39)36(20-33-26)19-23-5-3-4-22(16-23)18-34-12-14-35(15-13-34)25-6-1-2-11-31-25/h1-11,16,20,37H,12-15,17-19H2,(H,32,38). The van der Waals surface area contributed by atoms with E-state index in [0.717, 1.165) is 49.7 Å². The van der Waals surface area contributed by atoms with Gasteiger partial charge in [0.1, 0.15) is 11.6 Å². The second-order valence-electron chi connectivity index (χ2n) is 9.46. The predicted octanol–water partition coefficient (Wildman–Crippen LogP) is 2.78. The van der Waals surface area contributed by atoms with Crippen LogP contribution >= 0.6 is 0 Å². The van der Waals surface area contributed by atoms with E-state index in [1.807, 2.05) is 42.6 Å². The van der Waals surface area contributed by atoms with Crippen molar-refractivity contribution in [1.82, 2.24) is 24.8 Å². The molecule has 0 spiro atoms. The summed E-state index contributed by atoms with van der Waals surface area (Å²) >= 11 is 0. The second-order valence-corrected chi connectivity index (χ2v) is 9.46. The zero-order valence-corrected chi connectivity index (χ0v) is 21.3. The van der Waals surface area contributed by atoms with Gasteiger partial charge in [-0.1, -0.05) is 42.5 Å². The number of aromatic hydroxyl groups is 1. The Hall–Kier alpha value is -4.57. The Morgan fingerprint density at radius 2 is 1.64 bits per heavy atom. The largest absolute Gasteiger partial charge is 0.501 e. The fraction of sp³-hybridized carbons (Fsp3) is 0.241. The van der Waals surface area contributed by atoms with Crippen LogP contribution in [0.2, 0.25) is 0 Å². The van der Waals surface area contributed by atoms with Crippen molar-refractivity contribution in [2.45, 2.75) is 19.6 Å². The number of rotatable bonds is 8. The maximum Gasteiger partial charge on any atom is 0.296 e. The first-order valence-electron chi connectivity index (χ1n) is 12.7. The van der Waals surface area contributed by atoms with Crippen molar-refractivity contribution in [2.75, 3.05) is 31.1 Å². The molecule has 9 nitrogen and oxygen atoms in total. The van der Waals surface area contributed by atoms with Gasteiger partial charge < -0.3 is 15.3 Å². The van der Waals surface area contributed by atoms with Crippen LogP contribution in [0.3, 0.4) is 0 Å². The Bertz CT molecular complexity index is 1490. The van der Waals surface area contributed by atoms with E-state index in [4.69, 9.17) is 0 Å². The molecule has 0 aliphatic carbocycles. The molecule has 1 amide bonds. The lowest BCUT2D eigenvalue weighted by molar-refractivity contribution is 0.0942. The van der Waals surface area contributed by atoms with Crippen LogP contribution in [0.15, 0.2) is 84.0 Å². The van der Waals surface area contributed by atoms with Gasteiger partial charge in [0.2, 0.25) is 5.75 Å². The minimum atomic E-state index is -0.712. The maximum absolute atomic E-state index is 13.1. The van der Waals surface area contributed by atoms with Gasteiger partial charge in [0.15, 0.2) is 5.69 Å². The normalized spacial score (nSPS) is 13.8. The molecule has 0 saturated carbocycles. The summed E-state index contributed by atoms with van der Waals surface area (Å²) in [5.41, 5.74) is 1.63. The fourth-order valence-electron chi connectivity index (χ4n) is 4.58. The van der Waals surface area contributed by atoms with Gasteiger partial charge in [-0.15, -0.1) is 0 Å². The van der Waals surface area contributed by atoms with Gasteiger partial charge in [-0.05, 0) is 41.0 Å². The number of amides is 1. The molecule has 5 rings (SSSR count). The van der Waals surface area contributed by atoms with Crippen molar-refractivity contribution in [2.24, 2.45) is 0 Å². The number of aromatic nitrogens is 3. The molecule has 4 aromatic rings. The highest BCUT2D eigenvalue weighted by atomic mass is 19.1. The molecule has 1 aliphatic heterocycles. The molecule has 200 valence electrons. The molecule has 1 saturated heterocycles. The SMILES string of the molecule is O=C(NCc1ccc(F)cc1)c1ncn(Cc2cccc(CN3CCN(c4ccccn4)CC3)c2)c(=O)c1O. The van der Waals surface area contributed by atoms with E-state index in [-0.39, 0.29) is 24.6 Å². The zero-order chi connectivity index (χ0) is 27.2. The predicted molar refractivity (Wildman–Crippen MR) is 145 cm³/mol. The summed E-state index contributed by atoms with van der Waals surface area (Å²) in [6.07, 6.45) is 3.07. The Balaban J connectivity index is 1.19. The van der Waals surface area contributed by atoms with Crippen LogP contribution in [-0.4, -0.2) is 56.6 Å². The second kappa shape index (κ2) is 11.9. The first-order chi connectivity index (χ1) is 19.0. The van der Waals surface area contributed by atoms with E-state index in [0.29, 0.717) is 5.56 Å². The van der Waals surface area contributed by atoms with Gasteiger partial charge in [-0.3, -0.25) is 19.1 Å². The highest BCUT2D eigenvalue weighted by Gasteiger charge is 2.19. The molecule has 1 fully saturated rings. The van der Waals surface area contributed by atoms with Crippen molar-refractivity contribution in [1.29, 1.82) is 0 Å². The lowest BCUT2D eigenvalue weighted by Gasteiger charge is -2.35. The summed E-state index contributed by atoms with van der Waals surface area (Å²) in [7, 11) is 0. The van der Waals surface area contributed by atoms with Crippen molar-refractivity contribution in [3.8, 4) is 5.75 Å². The Morgan fingerprint density at radius 3 is 2.36 bits per heavy atom. The van der Waals surface area contributed by atoms with E-state index in [1.54, 1.807) is 0 Å². The van der Waals surface area contributed by atoms with E-state index < -0.39 is 17.2 Å². The lowest BCUT2D eigenvalue weighted by Crippen LogP contribution is -2.46. The molecule has 3 heterocycles. The van der Waals surface area contributed by atoms with E-state index in [2.05, 4.69) is 31.2 Å². The molecule has 2 N–H and O–H groups in total. The number of hydrogen-bond acceptors (Lipinski definition) is 7. The minimum absolute atomic E-state index is 0.105. The summed E-state index contributed by atoms with van der Waals surface area (Å²) in [6.45, 7) is 4.75. The van der Waals surface area contributed by atoms with Crippen LogP contribution in [0.5, 0.6) is 5.75 Å². The van der Waals surface area contributed by atoms with E-state index in [9.17, 15) is 19.1 Å². The first-order valence-corrected chi connectivity index (χ1v) is 12.7. The van der Waals surface area contributed by atoms with Crippen molar-refractivity contribution in [3.63, 3.8) is 0 Å². The number of carbonyl (C=O) groups excluding carboxylic acids is 1. The highest BCUT2D eigenvalue weighted by Crippen LogP contribution is 2.16. The van der Waals surface area contributed by atoms with Crippen LogP contribution in [-0.2, 0) is 19.6 Å². The van der Waals surface area contributed by atoms with Gasteiger partial charge in [0.25, 0.3) is 11.5 Å². The molecule has 0 atom stereocenters. The molecular weight excluding hydrogens is 499 g/mol. The van der Waals surface area contributed by atoms with Crippen LogP contribution < -0.4 is 15.8 Å². The minimum Gasteiger partial charge on any atom is -0.501 e. The number of benzene rings is 2.